The van der Waals surface area contributed by atoms with Crippen molar-refractivity contribution >= 4 is 21.7 Å². The summed E-state index contributed by atoms with van der Waals surface area (Å²) in [5.41, 5.74) is 0. The fraction of sp³-hybridized carbons (Fsp3) is 0.846. The van der Waals surface area contributed by atoms with E-state index in [-0.39, 0.29) is 41.8 Å². The Hall–Kier alpha value is -1.11. The molecule has 7 heteroatoms. The number of amides is 2. The highest BCUT2D eigenvalue weighted by Crippen LogP contribution is 2.26. The number of piperidine rings is 1. The summed E-state index contributed by atoms with van der Waals surface area (Å²) in [5, 5.41) is 0. The number of fused-ring (bicyclic) bond motifs is 1. The Labute approximate surface area is 119 Å². The first-order valence-corrected chi connectivity index (χ1v) is 9.07. The van der Waals surface area contributed by atoms with Crippen molar-refractivity contribution in [1.29, 1.82) is 0 Å². The van der Waals surface area contributed by atoms with Crippen molar-refractivity contribution in [2.24, 2.45) is 5.92 Å². The van der Waals surface area contributed by atoms with Gasteiger partial charge in [0, 0.05) is 13.1 Å². The van der Waals surface area contributed by atoms with Gasteiger partial charge < -0.3 is 9.80 Å². The summed E-state index contributed by atoms with van der Waals surface area (Å²) in [4.78, 5) is 27.8. The molecule has 0 aromatic rings. The third kappa shape index (κ3) is 2.55. The smallest absolute Gasteiger partial charge is 0.245 e. The van der Waals surface area contributed by atoms with E-state index < -0.39 is 9.84 Å². The Kier molecular flexibility index (Phi) is 3.48. The van der Waals surface area contributed by atoms with Crippen LogP contribution in [0.1, 0.15) is 25.7 Å². The largest absolute Gasteiger partial charge is 0.331 e. The molecule has 3 aliphatic heterocycles. The van der Waals surface area contributed by atoms with Gasteiger partial charge in [0.05, 0.1) is 18.1 Å². The summed E-state index contributed by atoms with van der Waals surface area (Å²) in [7, 11) is -2.93. The molecule has 3 fully saturated rings. The van der Waals surface area contributed by atoms with Crippen LogP contribution in [0.5, 0.6) is 0 Å². The lowest BCUT2D eigenvalue weighted by Gasteiger charge is -2.43. The molecule has 0 aliphatic carbocycles. The summed E-state index contributed by atoms with van der Waals surface area (Å²) >= 11 is 0. The zero-order valence-corrected chi connectivity index (χ0v) is 12.3. The van der Waals surface area contributed by atoms with Crippen LogP contribution in [-0.2, 0) is 19.4 Å². The number of nitrogens with zero attached hydrogens (tertiary/aromatic N) is 2. The standard InChI is InChI=1S/C13H20N2O4S/c16-12-8-14(7-10-4-6-20(18,19)9-10)13(17)11-3-1-2-5-15(11)12/h10-11H,1-9H2. The van der Waals surface area contributed by atoms with Crippen molar-refractivity contribution in [3.05, 3.63) is 0 Å². The summed E-state index contributed by atoms with van der Waals surface area (Å²) in [6.45, 7) is 1.21. The minimum Gasteiger partial charge on any atom is -0.331 e. The van der Waals surface area contributed by atoms with Crippen molar-refractivity contribution in [3.8, 4) is 0 Å². The second kappa shape index (κ2) is 5.02. The highest BCUT2D eigenvalue weighted by molar-refractivity contribution is 7.91. The first-order chi connectivity index (χ1) is 9.46. The van der Waals surface area contributed by atoms with Crippen LogP contribution in [0, 0.1) is 5.92 Å². The van der Waals surface area contributed by atoms with Gasteiger partial charge in [0.2, 0.25) is 11.8 Å². The number of hydrogen-bond acceptors (Lipinski definition) is 4. The molecule has 2 amide bonds. The minimum absolute atomic E-state index is 0.00751. The number of sulfone groups is 1. The second-order valence-corrected chi connectivity index (χ2v) is 8.32. The van der Waals surface area contributed by atoms with Crippen molar-refractivity contribution in [1.82, 2.24) is 9.80 Å². The molecule has 0 aromatic carbocycles. The van der Waals surface area contributed by atoms with Gasteiger partial charge in [0.25, 0.3) is 0 Å². The van der Waals surface area contributed by atoms with Crippen molar-refractivity contribution in [3.63, 3.8) is 0 Å². The minimum atomic E-state index is -2.93. The van der Waals surface area contributed by atoms with E-state index in [1.807, 2.05) is 0 Å². The number of hydrogen-bond donors (Lipinski definition) is 0. The van der Waals surface area contributed by atoms with Gasteiger partial charge in [0.15, 0.2) is 9.84 Å². The Morgan fingerprint density at radius 2 is 1.95 bits per heavy atom. The van der Waals surface area contributed by atoms with Crippen LogP contribution in [-0.4, -0.2) is 67.2 Å². The number of carbonyl (C=O) groups excluding carboxylic acids is 2. The molecule has 0 spiro atoms. The Bertz CT molecular complexity index is 530. The van der Waals surface area contributed by atoms with Gasteiger partial charge in [-0.3, -0.25) is 9.59 Å². The van der Waals surface area contributed by atoms with Crippen LogP contribution >= 0.6 is 0 Å². The zero-order valence-electron chi connectivity index (χ0n) is 11.5. The normalized spacial score (nSPS) is 33.4. The molecule has 3 aliphatic rings. The third-order valence-corrected chi connectivity index (χ3v) is 6.39. The van der Waals surface area contributed by atoms with E-state index in [2.05, 4.69) is 0 Å². The Morgan fingerprint density at radius 3 is 2.65 bits per heavy atom. The van der Waals surface area contributed by atoms with Gasteiger partial charge in [-0.05, 0) is 31.6 Å². The molecule has 0 N–H and O–H groups in total. The molecule has 0 aromatic heterocycles. The molecular formula is C13H20N2O4S. The van der Waals surface area contributed by atoms with E-state index in [0.717, 1.165) is 19.3 Å². The lowest BCUT2D eigenvalue weighted by molar-refractivity contribution is -0.158. The van der Waals surface area contributed by atoms with Gasteiger partial charge in [-0.1, -0.05) is 0 Å². The van der Waals surface area contributed by atoms with Gasteiger partial charge >= 0.3 is 0 Å². The van der Waals surface area contributed by atoms with E-state index in [1.165, 1.54) is 0 Å². The lowest BCUT2D eigenvalue weighted by Crippen LogP contribution is -2.61. The van der Waals surface area contributed by atoms with Gasteiger partial charge in [-0.25, -0.2) is 8.42 Å². The summed E-state index contributed by atoms with van der Waals surface area (Å²) in [5.74, 6) is 0.373. The topological polar surface area (TPSA) is 74.8 Å². The molecular weight excluding hydrogens is 280 g/mol. The second-order valence-electron chi connectivity index (χ2n) is 6.09. The first kappa shape index (κ1) is 13.9. The van der Waals surface area contributed by atoms with Crippen molar-refractivity contribution in [2.45, 2.75) is 31.7 Å². The first-order valence-electron chi connectivity index (χ1n) is 7.25. The third-order valence-electron chi connectivity index (χ3n) is 4.55. The molecule has 2 atom stereocenters. The van der Waals surface area contributed by atoms with Crippen molar-refractivity contribution < 1.29 is 18.0 Å². The molecule has 2 unspecified atom stereocenters. The Balaban J connectivity index is 1.68. The average molecular weight is 300 g/mol. The molecule has 3 saturated heterocycles. The van der Waals surface area contributed by atoms with Gasteiger partial charge in [-0.2, -0.15) is 0 Å². The molecule has 3 rings (SSSR count). The molecule has 0 saturated carbocycles. The number of carbonyl (C=O) groups is 2. The van der Waals surface area contributed by atoms with Crippen molar-refractivity contribution in [2.75, 3.05) is 31.1 Å². The zero-order chi connectivity index (χ0) is 14.3. The average Bonchev–Trinajstić information content (AvgIpc) is 2.75. The summed E-state index contributed by atoms with van der Waals surface area (Å²) in [6, 6.07) is -0.303. The highest BCUT2D eigenvalue weighted by Gasteiger charge is 2.41. The van der Waals surface area contributed by atoms with Gasteiger partial charge in [0.1, 0.15) is 6.04 Å². The van der Waals surface area contributed by atoms with Crippen LogP contribution in [0.15, 0.2) is 0 Å². The van der Waals surface area contributed by atoms with E-state index in [1.54, 1.807) is 9.80 Å². The van der Waals surface area contributed by atoms with Gasteiger partial charge in [-0.15, -0.1) is 0 Å². The van der Waals surface area contributed by atoms with Crippen LogP contribution in [0.4, 0.5) is 0 Å². The summed E-state index contributed by atoms with van der Waals surface area (Å²) < 4.78 is 23.0. The number of rotatable bonds is 2. The quantitative estimate of drug-likeness (QED) is 0.698. The predicted octanol–water partition coefficient (Wildman–Crippen LogP) is -0.356. The molecule has 0 bridgehead atoms. The lowest BCUT2D eigenvalue weighted by atomic mass is 9.97. The van der Waals surface area contributed by atoms with E-state index in [9.17, 15) is 18.0 Å². The maximum atomic E-state index is 12.4. The Morgan fingerprint density at radius 1 is 1.15 bits per heavy atom. The molecule has 3 heterocycles. The summed E-state index contributed by atoms with van der Waals surface area (Å²) in [6.07, 6.45) is 3.29. The highest BCUT2D eigenvalue weighted by atomic mass is 32.2. The number of piperazine rings is 1. The molecule has 20 heavy (non-hydrogen) atoms. The predicted molar refractivity (Wildman–Crippen MR) is 72.7 cm³/mol. The molecule has 112 valence electrons. The fourth-order valence-corrected chi connectivity index (χ4v) is 5.36. The van der Waals surface area contributed by atoms with Crippen LogP contribution < -0.4 is 0 Å². The monoisotopic (exact) mass is 300 g/mol. The van der Waals surface area contributed by atoms with Crippen LogP contribution in [0.3, 0.4) is 0 Å². The molecule has 6 nitrogen and oxygen atoms in total. The molecule has 0 radical (unpaired) electrons. The SMILES string of the molecule is O=C1C2CCCCN2C(=O)CN1CC1CCS(=O)(=O)C1. The van der Waals surface area contributed by atoms with E-state index in [0.29, 0.717) is 19.5 Å². The van der Waals surface area contributed by atoms with E-state index in [4.69, 9.17) is 0 Å². The van der Waals surface area contributed by atoms with Crippen LogP contribution in [0.2, 0.25) is 0 Å². The van der Waals surface area contributed by atoms with Crippen LogP contribution in [0.25, 0.3) is 0 Å². The maximum absolute atomic E-state index is 12.4. The van der Waals surface area contributed by atoms with E-state index >= 15 is 0 Å². The maximum Gasteiger partial charge on any atom is 0.245 e. The fourth-order valence-electron chi connectivity index (χ4n) is 3.51.